The monoisotopic (exact) mass is 361 g/mol. The maximum absolute atomic E-state index is 13.2. The van der Waals surface area contributed by atoms with Crippen molar-refractivity contribution in [2.24, 2.45) is 0 Å². The van der Waals surface area contributed by atoms with Gasteiger partial charge in [0.15, 0.2) is 17.5 Å². The van der Waals surface area contributed by atoms with Crippen LogP contribution in [0.5, 0.6) is 0 Å². The van der Waals surface area contributed by atoms with Gasteiger partial charge in [0.2, 0.25) is 0 Å². The summed E-state index contributed by atoms with van der Waals surface area (Å²) in [6, 6.07) is 3.55. The van der Waals surface area contributed by atoms with E-state index in [2.05, 4.69) is 32.6 Å². The minimum atomic E-state index is -0.925. The van der Waals surface area contributed by atoms with Crippen LogP contribution in [0.15, 0.2) is 18.2 Å². The van der Waals surface area contributed by atoms with E-state index < -0.39 is 11.6 Å². The minimum Gasteiger partial charge on any atom is -0.383 e. The standard InChI is InChI=1S/C12H10F2IN3/c1-2-9-10(15)11(16)18-12(17-9)6-3-4-7(13)8(14)5-6/h3-5H,2H2,1H3,(H2,16,17,18). The number of hydrogen-bond donors (Lipinski definition) is 1. The quantitative estimate of drug-likeness (QED) is 0.837. The molecule has 18 heavy (non-hydrogen) atoms. The second-order valence-electron chi connectivity index (χ2n) is 3.68. The molecule has 1 aromatic heterocycles. The van der Waals surface area contributed by atoms with Crippen LogP contribution in [0, 0.1) is 15.2 Å². The van der Waals surface area contributed by atoms with Crippen molar-refractivity contribution in [1.82, 2.24) is 9.97 Å². The van der Waals surface area contributed by atoms with E-state index in [1.165, 1.54) is 6.07 Å². The summed E-state index contributed by atoms with van der Waals surface area (Å²) in [6.07, 6.45) is 0.696. The third-order valence-corrected chi connectivity index (χ3v) is 3.63. The highest BCUT2D eigenvalue weighted by Gasteiger charge is 2.12. The summed E-state index contributed by atoms with van der Waals surface area (Å²) in [5.74, 6) is -1.16. The first kappa shape index (κ1) is 13.1. The lowest BCUT2D eigenvalue weighted by Gasteiger charge is -2.07. The minimum absolute atomic E-state index is 0.309. The molecular weight excluding hydrogens is 351 g/mol. The number of aromatic nitrogens is 2. The highest BCUT2D eigenvalue weighted by molar-refractivity contribution is 14.1. The smallest absolute Gasteiger partial charge is 0.161 e. The van der Waals surface area contributed by atoms with Gasteiger partial charge in [-0.2, -0.15) is 0 Å². The molecule has 0 amide bonds. The van der Waals surface area contributed by atoms with Gasteiger partial charge < -0.3 is 5.73 Å². The molecule has 0 saturated carbocycles. The summed E-state index contributed by atoms with van der Waals surface area (Å²) in [4.78, 5) is 8.40. The van der Waals surface area contributed by atoms with Gasteiger partial charge in [-0.1, -0.05) is 6.92 Å². The molecule has 0 spiro atoms. The van der Waals surface area contributed by atoms with E-state index in [1.807, 2.05) is 6.92 Å². The van der Waals surface area contributed by atoms with Crippen molar-refractivity contribution in [3.63, 3.8) is 0 Å². The predicted octanol–water partition coefficient (Wildman–Crippen LogP) is 3.17. The van der Waals surface area contributed by atoms with E-state index in [1.54, 1.807) is 0 Å². The van der Waals surface area contributed by atoms with E-state index in [-0.39, 0.29) is 0 Å². The van der Waals surface area contributed by atoms with Crippen LogP contribution in [0.2, 0.25) is 0 Å². The SMILES string of the molecule is CCc1nc(-c2ccc(F)c(F)c2)nc(N)c1I. The van der Waals surface area contributed by atoms with E-state index in [0.29, 0.717) is 23.6 Å². The molecule has 1 heterocycles. The van der Waals surface area contributed by atoms with E-state index in [4.69, 9.17) is 5.73 Å². The van der Waals surface area contributed by atoms with Crippen LogP contribution in [0.3, 0.4) is 0 Å². The van der Waals surface area contributed by atoms with Gasteiger partial charge in [0.25, 0.3) is 0 Å². The molecule has 2 rings (SSSR count). The van der Waals surface area contributed by atoms with Crippen molar-refractivity contribution in [2.45, 2.75) is 13.3 Å². The summed E-state index contributed by atoms with van der Waals surface area (Å²) in [5.41, 5.74) is 6.98. The first-order chi connectivity index (χ1) is 8.52. The Morgan fingerprint density at radius 1 is 1.22 bits per heavy atom. The fraction of sp³-hybridized carbons (Fsp3) is 0.167. The number of hydrogen-bond acceptors (Lipinski definition) is 3. The summed E-state index contributed by atoms with van der Waals surface area (Å²) in [6.45, 7) is 1.94. The number of nitrogens with zero attached hydrogens (tertiary/aromatic N) is 2. The molecule has 2 N–H and O–H groups in total. The molecule has 2 aromatic rings. The maximum atomic E-state index is 13.2. The molecule has 94 valence electrons. The Balaban J connectivity index is 2.57. The molecule has 1 aromatic carbocycles. The van der Waals surface area contributed by atoms with E-state index in [0.717, 1.165) is 21.4 Å². The molecule has 6 heteroatoms. The van der Waals surface area contributed by atoms with Gasteiger partial charge in [-0.15, -0.1) is 0 Å². The number of rotatable bonds is 2. The Kier molecular flexibility index (Phi) is 3.74. The van der Waals surface area contributed by atoms with Crippen molar-refractivity contribution >= 4 is 28.4 Å². The van der Waals surface area contributed by atoms with Crippen molar-refractivity contribution < 1.29 is 8.78 Å². The topological polar surface area (TPSA) is 51.8 Å². The normalized spacial score (nSPS) is 10.7. The second kappa shape index (κ2) is 5.13. The number of halogens is 3. The molecule has 0 aliphatic heterocycles. The molecule has 0 saturated heterocycles. The maximum Gasteiger partial charge on any atom is 0.161 e. The zero-order valence-electron chi connectivity index (χ0n) is 9.54. The Morgan fingerprint density at radius 3 is 2.56 bits per heavy atom. The van der Waals surface area contributed by atoms with Crippen LogP contribution >= 0.6 is 22.6 Å². The third-order valence-electron chi connectivity index (χ3n) is 2.46. The van der Waals surface area contributed by atoms with Gasteiger partial charge in [0, 0.05) is 5.56 Å². The van der Waals surface area contributed by atoms with Crippen LogP contribution in [-0.2, 0) is 6.42 Å². The van der Waals surface area contributed by atoms with Crippen molar-refractivity contribution in [2.75, 3.05) is 5.73 Å². The van der Waals surface area contributed by atoms with Crippen molar-refractivity contribution in [3.8, 4) is 11.4 Å². The fourth-order valence-corrected chi connectivity index (χ4v) is 2.13. The first-order valence-corrected chi connectivity index (χ1v) is 6.38. The lowest BCUT2D eigenvalue weighted by atomic mass is 10.2. The molecule has 0 fully saturated rings. The van der Waals surface area contributed by atoms with Gasteiger partial charge in [0.05, 0.1) is 9.26 Å². The first-order valence-electron chi connectivity index (χ1n) is 5.30. The zero-order chi connectivity index (χ0) is 13.3. The van der Waals surface area contributed by atoms with Gasteiger partial charge in [-0.3, -0.25) is 0 Å². The van der Waals surface area contributed by atoms with Crippen LogP contribution in [0.25, 0.3) is 11.4 Å². The highest BCUT2D eigenvalue weighted by atomic mass is 127. The summed E-state index contributed by atoms with van der Waals surface area (Å²) >= 11 is 2.07. The van der Waals surface area contributed by atoms with Gasteiger partial charge in [0.1, 0.15) is 5.82 Å². The van der Waals surface area contributed by atoms with E-state index in [9.17, 15) is 8.78 Å². The average molecular weight is 361 g/mol. The number of anilines is 1. The molecule has 0 radical (unpaired) electrons. The Hall–Kier alpha value is -1.31. The van der Waals surface area contributed by atoms with Crippen LogP contribution in [-0.4, -0.2) is 9.97 Å². The lowest BCUT2D eigenvalue weighted by molar-refractivity contribution is 0.509. The van der Waals surface area contributed by atoms with E-state index >= 15 is 0 Å². The molecule has 0 atom stereocenters. The van der Waals surface area contributed by atoms with Gasteiger partial charge >= 0.3 is 0 Å². The Morgan fingerprint density at radius 2 is 1.94 bits per heavy atom. The Labute approximate surface area is 117 Å². The van der Waals surface area contributed by atoms with Crippen LogP contribution in [0.1, 0.15) is 12.6 Å². The third kappa shape index (κ3) is 2.43. The summed E-state index contributed by atoms with van der Waals surface area (Å²) in [5, 5.41) is 0. The fourth-order valence-electron chi connectivity index (χ4n) is 1.51. The number of nitrogen functional groups attached to an aromatic ring is 1. The zero-order valence-corrected chi connectivity index (χ0v) is 11.7. The highest BCUT2D eigenvalue weighted by Crippen LogP contribution is 2.23. The number of benzene rings is 1. The molecule has 0 aliphatic rings. The average Bonchev–Trinajstić information content (AvgIpc) is 2.36. The predicted molar refractivity (Wildman–Crippen MR) is 73.9 cm³/mol. The molecule has 0 aliphatic carbocycles. The van der Waals surface area contributed by atoms with Crippen molar-refractivity contribution in [1.29, 1.82) is 0 Å². The summed E-state index contributed by atoms with van der Waals surface area (Å²) < 4.78 is 26.8. The molecule has 0 bridgehead atoms. The molecule has 3 nitrogen and oxygen atoms in total. The van der Waals surface area contributed by atoms with Gasteiger partial charge in [-0.25, -0.2) is 18.7 Å². The second-order valence-corrected chi connectivity index (χ2v) is 4.75. The van der Waals surface area contributed by atoms with Crippen molar-refractivity contribution in [3.05, 3.63) is 39.1 Å². The number of nitrogens with two attached hydrogens (primary N) is 1. The summed E-state index contributed by atoms with van der Waals surface area (Å²) in [7, 11) is 0. The lowest BCUT2D eigenvalue weighted by Crippen LogP contribution is -2.04. The molecular formula is C12H10F2IN3. The van der Waals surface area contributed by atoms with Crippen LogP contribution < -0.4 is 5.73 Å². The largest absolute Gasteiger partial charge is 0.383 e. The van der Waals surface area contributed by atoms with Crippen LogP contribution in [0.4, 0.5) is 14.6 Å². The Bertz CT molecular complexity index is 602. The number of aryl methyl sites for hydroxylation is 1. The molecule has 0 unspecified atom stereocenters. The van der Waals surface area contributed by atoms with Gasteiger partial charge in [-0.05, 0) is 47.2 Å².